The zero-order valence-corrected chi connectivity index (χ0v) is 15.0. The lowest BCUT2D eigenvalue weighted by atomic mass is 10.2. The second kappa shape index (κ2) is 23.1. The standard InChI is InChI=1S/2C6H12O2.C5H12O2/c2*1-2-3-4-5-6(7)8;1-2-3-5(7)4-6/h2*2-5H2,1H3,(H,7,8);5-7H,2-4H2,1H3. The highest BCUT2D eigenvalue weighted by atomic mass is 16.4. The maximum Gasteiger partial charge on any atom is 0.303 e. The zero-order valence-electron chi connectivity index (χ0n) is 15.0. The van der Waals surface area contributed by atoms with Crippen LogP contribution in [0.15, 0.2) is 0 Å². The molecule has 0 rings (SSSR count). The van der Waals surface area contributed by atoms with E-state index in [1.807, 2.05) is 6.92 Å². The van der Waals surface area contributed by atoms with Gasteiger partial charge in [0.05, 0.1) is 12.7 Å². The van der Waals surface area contributed by atoms with E-state index in [1.54, 1.807) is 0 Å². The Bertz CT molecular complexity index is 235. The number of aliphatic hydroxyl groups excluding tert-OH is 2. The van der Waals surface area contributed by atoms with Gasteiger partial charge in [-0.15, -0.1) is 0 Å². The van der Waals surface area contributed by atoms with Crippen molar-refractivity contribution in [3.63, 3.8) is 0 Å². The number of hydrogen-bond acceptors (Lipinski definition) is 4. The highest BCUT2D eigenvalue weighted by Crippen LogP contribution is 1.97. The smallest absolute Gasteiger partial charge is 0.303 e. The number of carboxylic acids is 2. The van der Waals surface area contributed by atoms with E-state index in [4.69, 9.17) is 20.4 Å². The van der Waals surface area contributed by atoms with Crippen LogP contribution in [-0.4, -0.2) is 45.1 Å². The first-order valence-corrected chi connectivity index (χ1v) is 8.57. The average Bonchev–Trinajstić information content (AvgIpc) is 2.48. The van der Waals surface area contributed by atoms with E-state index in [1.165, 1.54) is 0 Å². The fourth-order valence-corrected chi connectivity index (χ4v) is 1.48. The van der Waals surface area contributed by atoms with Crippen LogP contribution in [0.1, 0.15) is 85.0 Å². The number of rotatable bonds is 11. The van der Waals surface area contributed by atoms with Crippen LogP contribution < -0.4 is 0 Å². The predicted octanol–water partition coefficient (Wildman–Crippen LogP) is 3.44. The summed E-state index contributed by atoms with van der Waals surface area (Å²) < 4.78 is 0. The minimum Gasteiger partial charge on any atom is -0.481 e. The monoisotopic (exact) mass is 336 g/mol. The van der Waals surface area contributed by atoms with E-state index in [-0.39, 0.29) is 6.61 Å². The Kier molecular flexibility index (Phi) is 26.9. The third kappa shape index (κ3) is 38.6. The van der Waals surface area contributed by atoms with Crippen LogP contribution in [0.3, 0.4) is 0 Å². The van der Waals surface area contributed by atoms with Crippen molar-refractivity contribution in [1.29, 1.82) is 0 Å². The van der Waals surface area contributed by atoms with Crippen molar-refractivity contribution in [2.45, 2.75) is 91.1 Å². The molecule has 140 valence electrons. The van der Waals surface area contributed by atoms with Crippen LogP contribution in [0.25, 0.3) is 0 Å². The molecule has 0 radical (unpaired) electrons. The van der Waals surface area contributed by atoms with E-state index in [0.717, 1.165) is 44.9 Å². The molecular formula is C17H36O6. The van der Waals surface area contributed by atoms with Crippen molar-refractivity contribution in [1.82, 2.24) is 0 Å². The molecule has 0 aromatic heterocycles. The van der Waals surface area contributed by atoms with Crippen LogP contribution >= 0.6 is 0 Å². The average molecular weight is 336 g/mol. The van der Waals surface area contributed by atoms with Crippen molar-refractivity contribution in [2.24, 2.45) is 0 Å². The van der Waals surface area contributed by atoms with E-state index in [9.17, 15) is 9.59 Å². The number of aliphatic carboxylic acids is 2. The molecule has 0 aliphatic carbocycles. The maximum absolute atomic E-state index is 9.87. The van der Waals surface area contributed by atoms with Gasteiger partial charge in [0.15, 0.2) is 0 Å². The molecule has 0 aliphatic heterocycles. The molecule has 0 saturated carbocycles. The van der Waals surface area contributed by atoms with Crippen molar-refractivity contribution >= 4 is 11.9 Å². The minimum atomic E-state index is -0.682. The van der Waals surface area contributed by atoms with Gasteiger partial charge in [-0.3, -0.25) is 9.59 Å². The Morgan fingerprint density at radius 2 is 1.17 bits per heavy atom. The van der Waals surface area contributed by atoms with Crippen LogP contribution in [0.2, 0.25) is 0 Å². The van der Waals surface area contributed by atoms with Gasteiger partial charge in [0.1, 0.15) is 0 Å². The number of carbonyl (C=O) groups is 2. The lowest BCUT2D eigenvalue weighted by molar-refractivity contribution is -0.138. The molecule has 1 atom stereocenters. The number of hydrogen-bond donors (Lipinski definition) is 4. The summed E-state index contributed by atoms with van der Waals surface area (Å²) in [4.78, 5) is 19.7. The Morgan fingerprint density at radius 1 is 0.783 bits per heavy atom. The summed E-state index contributed by atoms with van der Waals surface area (Å²) in [5, 5.41) is 33.1. The van der Waals surface area contributed by atoms with Crippen LogP contribution in [-0.2, 0) is 9.59 Å². The molecule has 23 heavy (non-hydrogen) atoms. The molecule has 6 heteroatoms. The second-order valence-corrected chi connectivity index (χ2v) is 5.33. The lowest BCUT2D eigenvalue weighted by Gasteiger charge is -2.01. The molecular weight excluding hydrogens is 300 g/mol. The Balaban J connectivity index is -0.000000262. The highest BCUT2D eigenvalue weighted by Gasteiger charge is 1.96. The van der Waals surface area contributed by atoms with Crippen molar-refractivity contribution in [3.8, 4) is 0 Å². The third-order valence-electron chi connectivity index (χ3n) is 2.82. The van der Waals surface area contributed by atoms with Crippen molar-refractivity contribution in [2.75, 3.05) is 6.61 Å². The third-order valence-corrected chi connectivity index (χ3v) is 2.82. The molecule has 0 heterocycles. The highest BCUT2D eigenvalue weighted by molar-refractivity contribution is 5.66. The van der Waals surface area contributed by atoms with Crippen LogP contribution in [0.5, 0.6) is 0 Å². The molecule has 0 fully saturated rings. The normalized spacial score (nSPS) is 10.7. The minimum absolute atomic E-state index is 0.103. The summed E-state index contributed by atoms with van der Waals surface area (Å²) in [7, 11) is 0. The largest absolute Gasteiger partial charge is 0.481 e. The molecule has 0 saturated heterocycles. The fraction of sp³-hybridized carbons (Fsp3) is 0.882. The Hall–Kier alpha value is -1.14. The molecule has 0 aromatic carbocycles. The molecule has 1 unspecified atom stereocenters. The first kappa shape index (κ1) is 26.7. The van der Waals surface area contributed by atoms with Gasteiger partial charge >= 0.3 is 11.9 Å². The van der Waals surface area contributed by atoms with Gasteiger partial charge < -0.3 is 20.4 Å². The van der Waals surface area contributed by atoms with Gasteiger partial charge in [0.25, 0.3) is 0 Å². The fourth-order valence-electron chi connectivity index (χ4n) is 1.48. The summed E-state index contributed by atoms with van der Waals surface area (Å²) in [5.41, 5.74) is 0. The van der Waals surface area contributed by atoms with Crippen molar-refractivity contribution in [3.05, 3.63) is 0 Å². The van der Waals surface area contributed by atoms with Crippen LogP contribution in [0, 0.1) is 0 Å². The lowest BCUT2D eigenvalue weighted by Crippen LogP contribution is -2.10. The summed E-state index contributed by atoms with van der Waals surface area (Å²) in [6.45, 7) is 5.98. The molecule has 0 spiro atoms. The predicted molar refractivity (Wildman–Crippen MR) is 91.6 cm³/mol. The summed E-state index contributed by atoms with van der Waals surface area (Å²) in [6, 6.07) is 0. The maximum atomic E-state index is 9.87. The van der Waals surface area contributed by atoms with E-state index in [2.05, 4.69) is 13.8 Å². The zero-order chi connectivity index (χ0) is 18.5. The summed E-state index contributed by atoms with van der Waals surface area (Å²) >= 11 is 0. The molecule has 6 nitrogen and oxygen atoms in total. The molecule has 0 aromatic rings. The van der Waals surface area contributed by atoms with Gasteiger partial charge in [-0.05, 0) is 19.3 Å². The van der Waals surface area contributed by atoms with Gasteiger partial charge in [-0.2, -0.15) is 0 Å². The molecule has 4 N–H and O–H groups in total. The summed E-state index contributed by atoms with van der Waals surface area (Å²) in [5.74, 6) is -1.36. The van der Waals surface area contributed by atoms with Gasteiger partial charge in [0.2, 0.25) is 0 Å². The van der Waals surface area contributed by atoms with Crippen molar-refractivity contribution < 1.29 is 30.0 Å². The number of carboxylic acid groups (broad SMARTS) is 2. The number of unbranched alkanes of at least 4 members (excludes halogenated alkanes) is 4. The van der Waals surface area contributed by atoms with Gasteiger partial charge in [-0.1, -0.05) is 52.9 Å². The topological polar surface area (TPSA) is 115 Å². The van der Waals surface area contributed by atoms with Crippen LogP contribution in [0.4, 0.5) is 0 Å². The van der Waals surface area contributed by atoms with Gasteiger partial charge in [0, 0.05) is 12.8 Å². The first-order valence-electron chi connectivity index (χ1n) is 8.57. The molecule has 0 bridgehead atoms. The number of aliphatic hydroxyl groups is 2. The molecule has 0 amide bonds. The Morgan fingerprint density at radius 3 is 1.35 bits per heavy atom. The van der Waals surface area contributed by atoms with E-state index < -0.39 is 18.0 Å². The Labute approximate surface area is 140 Å². The molecule has 0 aliphatic rings. The van der Waals surface area contributed by atoms with Gasteiger partial charge in [-0.25, -0.2) is 0 Å². The van der Waals surface area contributed by atoms with E-state index in [0.29, 0.717) is 19.3 Å². The first-order chi connectivity index (χ1) is 10.8. The quantitative estimate of drug-likeness (QED) is 0.430. The SMILES string of the molecule is CCCC(O)CO.CCCCCC(=O)O.CCCCCC(=O)O. The van der Waals surface area contributed by atoms with E-state index >= 15 is 0 Å². The second-order valence-electron chi connectivity index (χ2n) is 5.33. The summed E-state index contributed by atoms with van der Waals surface area (Å²) in [6.07, 6.45) is 7.70.